The summed E-state index contributed by atoms with van der Waals surface area (Å²) in [7, 11) is -0.153. The van der Waals surface area contributed by atoms with Gasteiger partial charge in [-0.15, -0.1) is 0 Å². The number of benzene rings is 2. The lowest BCUT2D eigenvalue weighted by Crippen LogP contribution is -2.36. The van der Waals surface area contributed by atoms with Gasteiger partial charge in [0.15, 0.2) is 0 Å². The molecule has 0 radical (unpaired) electrons. The maximum absolute atomic E-state index is 13.2. The van der Waals surface area contributed by atoms with Gasteiger partial charge in [0.25, 0.3) is 15.9 Å². The molecule has 1 fully saturated rings. The van der Waals surface area contributed by atoms with Crippen molar-refractivity contribution in [3.63, 3.8) is 0 Å². The number of carbonyl (C=O) groups is 1. The van der Waals surface area contributed by atoms with E-state index in [1.54, 1.807) is 36.5 Å². The fourth-order valence-corrected chi connectivity index (χ4v) is 5.16. The van der Waals surface area contributed by atoms with E-state index in [1.807, 2.05) is 36.0 Å². The summed E-state index contributed by atoms with van der Waals surface area (Å²) in [6.45, 7) is 1.45. The van der Waals surface area contributed by atoms with Gasteiger partial charge >= 0.3 is 0 Å². The molecule has 2 heterocycles. The lowest BCUT2D eigenvalue weighted by Gasteiger charge is -2.28. The predicted octanol–water partition coefficient (Wildman–Crippen LogP) is 3.73. The molecule has 0 aliphatic carbocycles. The van der Waals surface area contributed by atoms with Crippen LogP contribution in [0, 0.1) is 0 Å². The summed E-state index contributed by atoms with van der Waals surface area (Å²) in [6, 6.07) is 13.7. The average molecular weight is 439 g/mol. The Labute approximate surface area is 182 Å². The van der Waals surface area contributed by atoms with Gasteiger partial charge in [0.1, 0.15) is 4.90 Å². The normalized spacial score (nSPS) is 14.5. The Kier molecular flexibility index (Phi) is 5.82. The molecule has 7 nitrogen and oxygen atoms in total. The molecule has 0 atom stereocenters. The first kappa shape index (κ1) is 21.1. The number of nitrogens with one attached hydrogen (secondary N) is 1. The van der Waals surface area contributed by atoms with Crippen LogP contribution in [0.1, 0.15) is 29.6 Å². The van der Waals surface area contributed by atoms with E-state index >= 15 is 0 Å². The largest absolute Gasteiger partial charge is 0.377 e. The Morgan fingerprint density at radius 3 is 2.52 bits per heavy atom. The van der Waals surface area contributed by atoms with E-state index in [-0.39, 0.29) is 10.8 Å². The van der Waals surface area contributed by atoms with Crippen LogP contribution in [0.4, 0.5) is 11.4 Å². The third kappa shape index (κ3) is 4.34. The van der Waals surface area contributed by atoms with Crippen molar-refractivity contribution in [2.45, 2.75) is 24.2 Å². The highest BCUT2D eigenvalue weighted by molar-refractivity contribution is 7.93. The number of nitrogens with zero attached hydrogens (tertiary/aromatic N) is 3. The number of hydrogen-bond donors (Lipinski definition) is 1. The van der Waals surface area contributed by atoms with Gasteiger partial charge in [0.2, 0.25) is 0 Å². The standard InChI is InChI=1S/C23H26N4O3S/c1-26(2)20-12-11-18(16-19(20)23(28)27-14-4-3-5-15-27)25-31(29,30)21-10-6-8-17-9-7-13-24-22(17)21/h6-13,16,25H,3-5,14-15H2,1-2H3. The molecular formula is C23H26N4O3S. The number of fused-ring (bicyclic) bond motifs is 1. The summed E-state index contributed by atoms with van der Waals surface area (Å²) in [6.07, 6.45) is 4.68. The van der Waals surface area contributed by atoms with Crippen molar-refractivity contribution >= 4 is 38.2 Å². The van der Waals surface area contributed by atoms with Crippen molar-refractivity contribution in [3.8, 4) is 0 Å². The maximum Gasteiger partial charge on any atom is 0.264 e. The topological polar surface area (TPSA) is 82.6 Å². The third-order valence-electron chi connectivity index (χ3n) is 5.49. The number of anilines is 2. The SMILES string of the molecule is CN(C)c1ccc(NS(=O)(=O)c2cccc3cccnc23)cc1C(=O)N1CCCCC1. The molecule has 0 bridgehead atoms. The molecule has 2 aromatic carbocycles. The number of sulfonamides is 1. The van der Waals surface area contributed by atoms with E-state index in [2.05, 4.69) is 9.71 Å². The molecule has 1 aromatic heterocycles. The van der Waals surface area contributed by atoms with Crippen LogP contribution in [-0.4, -0.2) is 51.4 Å². The minimum Gasteiger partial charge on any atom is -0.377 e. The van der Waals surface area contributed by atoms with Crippen LogP contribution in [0.3, 0.4) is 0 Å². The lowest BCUT2D eigenvalue weighted by atomic mass is 10.1. The van der Waals surface area contributed by atoms with Gasteiger partial charge in [0, 0.05) is 50.1 Å². The monoisotopic (exact) mass is 438 g/mol. The van der Waals surface area contributed by atoms with Gasteiger partial charge in [-0.1, -0.05) is 18.2 Å². The highest BCUT2D eigenvalue weighted by atomic mass is 32.2. The Bertz CT molecular complexity index is 1210. The van der Waals surface area contributed by atoms with Gasteiger partial charge in [-0.05, 0) is 49.6 Å². The Hall–Kier alpha value is -3.13. The summed E-state index contributed by atoms with van der Waals surface area (Å²) in [4.78, 5) is 21.3. The quantitative estimate of drug-likeness (QED) is 0.656. The molecule has 0 spiro atoms. The Morgan fingerprint density at radius 2 is 1.77 bits per heavy atom. The smallest absolute Gasteiger partial charge is 0.264 e. The molecule has 162 valence electrons. The van der Waals surface area contributed by atoms with Crippen molar-refractivity contribution in [1.29, 1.82) is 0 Å². The molecule has 8 heteroatoms. The lowest BCUT2D eigenvalue weighted by molar-refractivity contribution is 0.0725. The van der Waals surface area contributed by atoms with Crippen molar-refractivity contribution in [1.82, 2.24) is 9.88 Å². The molecule has 1 amide bonds. The second-order valence-electron chi connectivity index (χ2n) is 7.92. The van der Waals surface area contributed by atoms with Crippen LogP contribution in [0.15, 0.2) is 59.6 Å². The molecule has 0 saturated carbocycles. The average Bonchev–Trinajstić information content (AvgIpc) is 2.78. The van der Waals surface area contributed by atoms with Crippen LogP contribution >= 0.6 is 0 Å². The van der Waals surface area contributed by atoms with Crippen LogP contribution in [0.5, 0.6) is 0 Å². The highest BCUT2D eigenvalue weighted by Crippen LogP contribution is 2.28. The zero-order chi connectivity index (χ0) is 22.0. The van der Waals surface area contributed by atoms with Gasteiger partial charge in [-0.2, -0.15) is 0 Å². The fourth-order valence-electron chi connectivity index (χ4n) is 3.93. The van der Waals surface area contributed by atoms with Crippen molar-refractivity contribution in [2.75, 3.05) is 36.8 Å². The minimum atomic E-state index is -3.89. The summed E-state index contributed by atoms with van der Waals surface area (Å²) in [5.41, 5.74) is 2.00. The molecule has 1 saturated heterocycles. The summed E-state index contributed by atoms with van der Waals surface area (Å²) < 4.78 is 29.0. The number of likely N-dealkylation sites (tertiary alicyclic amines) is 1. The van der Waals surface area contributed by atoms with Crippen molar-refractivity contribution < 1.29 is 13.2 Å². The zero-order valence-electron chi connectivity index (χ0n) is 17.7. The molecule has 4 rings (SSSR count). The van der Waals surface area contributed by atoms with E-state index < -0.39 is 10.0 Å². The summed E-state index contributed by atoms with van der Waals surface area (Å²) >= 11 is 0. The summed E-state index contributed by atoms with van der Waals surface area (Å²) in [5, 5.41) is 0.745. The molecule has 0 unspecified atom stereocenters. The molecule has 1 aliphatic heterocycles. The van der Waals surface area contributed by atoms with Crippen molar-refractivity contribution in [2.24, 2.45) is 0 Å². The first-order valence-corrected chi connectivity index (χ1v) is 11.8. The fraction of sp³-hybridized carbons (Fsp3) is 0.304. The maximum atomic E-state index is 13.2. The molecule has 31 heavy (non-hydrogen) atoms. The molecule has 1 N–H and O–H groups in total. The Morgan fingerprint density at radius 1 is 1.03 bits per heavy atom. The first-order valence-electron chi connectivity index (χ1n) is 10.3. The number of carbonyl (C=O) groups excluding carboxylic acids is 1. The second kappa shape index (κ2) is 8.55. The molecule has 3 aromatic rings. The number of amides is 1. The highest BCUT2D eigenvalue weighted by Gasteiger charge is 2.24. The van der Waals surface area contributed by atoms with Gasteiger partial charge in [-0.25, -0.2) is 8.42 Å². The zero-order valence-corrected chi connectivity index (χ0v) is 18.5. The molecular weight excluding hydrogens is 412 g/mol. The van der Waals surface area contributed by atoms with Crippen LogP contribution in [-0.2, 0) is 10.0 Å². The minimum absolute atomic E-state index is 0.0729. The molecule has 1 aliphatic rings. The van der Waals surface area contributed by atoms with Crippen LogP contribution in [0.2, 0.25) is 0 Å². The van der Waals surface area contributed by atoms with E-state index in [9.17, 15) is 13.2 Å². The number of pyridine rings is 1. The third-order valence-corrected chi connectivity index (χ3v) is 6.90. The van der Waals surface area contributed by atoms with Gasteiger partial charge < -0.3 is 9.80 Å². The van der Waals surface area contributed by atoms with Gasteiger partial charge in [-0.3, -0.25) is 14.5 Å². The predicted molar refractivity (Wildman–Crippen MR) is 123 cm³/mol. The van der Waals surface area contributed by atoms with E-state index in [1.165, 1.54) is 6.07 Å². The van der Waals surface area contributed by atoms with Crippen molar-refractivity contribution in [3.05, 3.63) is 60.3 Å². The van der Waals surface area contributed by atoms with E-state index in [0.717, 1.165) is 43.4 Å². The number of rotatable bonds is 5. The second-order valence-corrected chi connectivity index (χ2v) is 9.57. The van der Waals surface area contributed by atoms with Gasteiger partial charge in [0.05, 0.1) is 11.1 Å². The van der Waals surface area contributed by atoms with E-state index in [4.69, 9.17) is 0 Å². The number of aromatic nitrogens is 1. The number of hydrogen-bond acceptors (Lipinski definition) is 5. The summed E-state index contributed by atoms with van der Waals surface area (Å²) in [5.74, 6) is -0.0729. The number of piperidine rings is 1. The first-order chi connectivity index (χ1) is 14.9. The van der Waals surface area contributed by atoms with Crippen LogP contribution in [0.25, 0.3) is 10.9 Å². The number of para-hydroxylation sites is 1. The Balaban J connectivity index is 1.70. The van der Waals surface area contributed by atoms with E-state index in [0.29, 0.717) is 16.8 Å². The van der Waals surface area contributed by atoms with Crippen LogP contribution < -0.4 is 9.62 Å².